The summed E-state index contributed by atoms with van der Waals surface area (Å²) in [7, 11) is 1.54. The Kier molecular flexibility index (Phi) is 5.62. The van der Waals surface area contributed by atoms with Crippen LogP contribution in [-0.4, -0.2) is 65.0 Å². The average Bonchev–Trinajstić information content (AvgIpc) is 2.76. The Morgan fingerprint density at radius 3 is 2.90 bits per heavy atom. The Morgan fingerprint density at radius 1 is 1.52 bits per heavy atom. The summed E-state index contributed by atoms with van der Waals surface area (Å²) in [6.07, 6.45) is -1.82. The molecule has 21 heavy (non-hydrogen) atoms. The molecule has 2 heterocycles. The predicted molar refractivity (Wildman–Crippen MR) is 74.5 cm³/mol. The third-order valence-electron chi connectivity index (χ3n) is 3.21. The second-order valence-corrected chi connectivity index (χ2v) is 4.97. The van der Waals surface area contributed by atoms with Gasteiger partial charge in [0, 0.05) is 19.4 Å². The van der Waals surface area contributed by atoms with Crippen LogP contribution in [0.25, 0.3) is 0 Å². The quantitative estimate of drug-likeness (QED) is 0.465. The molecule has 0 radical (unpaired) electrons. The number of aliphatic hydroxyl groups is 2. The van der Waals surface area contributed by atoms with E-state index in [1.54, 1.807) is 0 Å². The van der Waals surface area contributed by atoms with E-state index in [1.807, 2.05) is 0 Å². The number of hydrogen-bond acceptors (Lipinski definition) is 7. The lowest BCUT2D eigenvalue weighted by atomic mass is 10.1. The Morgan fingerprint density at radius 2 is 2.29 bits per heavy atom. The molecule has 1 unspecified atom stereocenters. The van der Waals surface area contributed by atoms with E-state index < -0.39 is 24.5 Å². The topological polar surface area (TPSA) is 106 Å². The molecule has 3 N–H and O–H groups in total. The van der Waals surface area contributed by atoms with Crippen LogP contribution < -0.4 is 5.56 Å². The normalized spacial score (nSPS) is 28.9. The molecule has 1 aliphatic rings. The maximum atomic E-state index is 11.2. The van der Waals surface area contributed by atoms with Crippen LogP contribution in [0.2, 0.25) is 0 Å². The first-order chi connectivity index (χ1) is 10.1. The highest BCUT2D eigenvalue weighted by molar-refractivity contribution is 7.71. The Bertz CT molecular complexity index is 573. The van der Waals surface area contributed by atoms with Crippen molar-refractivity contribution in [3.63, 3.8) is 0 Å². The third kappa shape index (κ3) is 3.57. The van der Waals surface area contributed by atoms with Gasteiger partial charge in [-0.25, -0.2) is 0 Å². The number of nitrogens with one attached hydrogen (secondary N) is 1. The molecule has 1 aromatic rings. The summed E-state index contributed by atoms with van der Waals surface area (Å²) in [5, 5.41) is 19.7. The van der Waals surface area contributed by atoms with Gasteiger partial charge >= 0.3 is 0 Å². The fraction of sp³-hybridized carbons (Fsp3) is 0.667. The van der Waals surface area contributed by atoms with Gasteiger partial charge in [-0.05, 0) is 12.2 Å². The van der Waals surface area contributed by atoms with Crippen molar-refractivity contribution in [1.29, 1.82) is 0 Å². The van der Waals surface area contributed by atoms with Crippen molar-refractivity contribution in [2.75, 3.05) is 26.9 Å². The fourth-order valence-electron chi connectivity index (χ4n) is 2.20. The number of aromatic amines is 1. The van der Waals surface area contributed by atoms with Crippen molar-refractivity contribution in [2.45, 2.75) is 24.5 Å². The van der Waals surface area contributed by atoms with Gasteiger partial charge in [0.1, 0.15) is 18.3 Å². The molecule has 8 nitrogen and oxygen atoms in total. The molecule has 0 amide bonds. The lowest BCUT2D eigenvalue weighted by molar-refractivity contribution is -0.0684. The molecule has 0 aromatic carbocycles. The second kappa shape index (κ2) is 7.25. The summed E-state index contributed by atoms with van der Waals surface area (Å²) in [6, 6.07) is 1.28. The number of aromatic nitrogens is 2. The molecule has 118 valence electrons. The molecule has 0 saturated carbocycles. The molecular formula is C12H18N2O6S. The van der Waals surface area contributed by atoms with E-state index in [-0.39, 0.29) is 23.5 Å². The number of aliphatic hydroxyl groups excluding tert-OH is 2. The fourth-order valence-corrected chi connectivity index (χ4v) is 2.46. The van der Waals surface area contributed by atoms with Gasteiger partial charge in [0.05, 0.1) is 19.8 Å². The SMILES string of the molecule is COCCOC1[C@@H](CO)O[C@@H](n2ccc(=O)[nH]c2=S)[C@H]1O. The zero-order valence-corrected chi connectivity index (χ0v) is 12.3. The van der Waals surface area contributed by atoms with Crippen LogP contribution in [0.5, 0.6) is 0 Å². The highest BCUT2D eigenvalue weighted by Crippen LogP contribution is 2.31. The van der Waals surface area contributed by atoms with Gasteiger partial charge < -0.3 is 24.4 Å². The molecule has 2 rings (SSSR count). The first-order valence-electron chi connectivity index (χ1n) is 6.45. The molecule has 1 aromatic heterocycles. The lowest BCUT2D eigenvalue weighted by Crippen LogP contribution is -2.37. The largest absolute Gasteiger partial charge is 0.394 e. The first-order valence-corrected chi connectivity index (χ1v) is 6.85. The summed E-state index contributed by atoms with van der Waals surface area (Å²) < 4.78 is 17.5. The average molecular weight is 318 g/mol. The van der Waals surface area contributed by atoms with Gasteiger partial charge in [0.2, 0.25) is 0 Å². The maximum absolute atomic E-state index is 11.2. The minimum Gasteiger partial charge on any atom is -0.394 e. The van der Waals surface area contributed by atoms with E-state index in [1.165, 1.54) is 23.9 Å². The van der Waals surface area contributed by atoms with Gasteiger partial charge in [-0.1, -0.05) is 0 Å². The van der Waals surface area contributed by atoms with Crippen molar-refractivity contribution < 1.29 is 24.4 Å². The standard InChI is InChI=1S/C12H18N2O6S/c1-18-4-5-19-10-7(6-15)20-11(9(10)17)14-3-2-8(16)13-12(14)21/h2-3,7,9-11,15,17H,4-6H2,1H3,(H,13,16,21)/t7-,9+,10?,11-/m1/s1. The van der Waals surface area contributed by atoms with Gasteiger partial charge in [-0.2, -0.15) is 0 Å². The van der Waals surface area contributed by atoms with Gasteiger partial charge in [0.25, 0.3) is 5.56 Å². The monoisotopic (exact) mass is 318 g/mol. The van der Waals surface area contributed by atoms with Crippen molar-refractivity contribution >= 4 is 12.2 Å². The van der Waals surface area contributed by atoms with E-state index in [9.17, 15) is 15.0 Å². The Balaban J connectivity index is 2.18. The van der Waals surface area contributed by atoms with Crippen LogP contribution in [0.4, 0.5) is 0 Å². The molecular weight excluding hydrogens is 300 g/mol. The number of rotatable bonds is 6. The van der Waals surface area contributed by atoms with E-state index in [0.717, 1.165) is 0 Å². The number of methoxy groups -OCH3 is 1. The van der Waals surface area contributed by atoms with Gasteiger partial charge in [0.15, 0.2) is 11.0 Å². The van der Waals surface area contributed by atoms with Crippen LogP contribution in [-0.2, 0) is 14.2 Å². The van der Waals surface area contributed by atoms with E-state index in [0.29, 0.717) is 6.61 Å². The summed E-state index contributed by atoms with van der Waals surface area (Å²) in [5.74, 6) is 0. The number of H-pyrrole nitrogens is 1. The molecule has 1 fully saturated rings. The van der Waals surface area contributed by atoms with E-state index in [2.05, 4.69) is 4.98 Å². The number of hydrogen-bond donors (Lipinski definition) is 3. The maximum Gasteiger partial charge on any atom is 0.251 e. The molecule has 4 atom stereocenters. The van der Waals surface area contributed by atoms with Crippen LogP contribution in [0.3, 0.4) is 0 Å². The number of nitrogens with zero attached hydrogens (tertiary/aromatic N) is 1. The van der Waals surface area contributed by atoms with E-state index in [4.69, 9.17) is 26.4 Å². The van der Waals surface area contributed by atoms with Gasteiger partial charge in [-0.3, -0.25) is 14.3 Å². The summed E-state index contributed by atoms with van der Waals surface area (Å²) >= 11 is 5.04. The highest BCUT2D eigenvalue weighted by Gasteiger charge is 2.45. The minimum absolute atomic E-state index is 0.126. The van der Waals surface area contributed by atoms with Crippen LogP contribution in [0.15, 0.2) is 17.1 Å². The molecule has 1 aliphatic heterocycles. The van der Waals surface area contributed by atoms with E-state index >= 15 is 0 Å². The molecule has 1 saturated heterocycles. The lowest BCUT2D eigenvalue weighted by Gasteiger charge is -2.20. The number of ether oxygens (including phenoxy) is 3. The second-order valence-electron chi connectivity index (χ2n) is 4.58. The van der Waals surface area contributed by atoms with Crippen LogP contribution in [0, 0.1) is 4.77 Å². The third-order valence-corrected chi connectivity index (χ3v) is 3.53. The van der Waals surface area contributed by atoms with Crippen molar-refractivity contribution in [2.24, 2.45) is 0 Å². The Labute approximate surface area is 125 Å². The zero-order chi connectivity index (χ0) is 15.4. The van der Waals surface area contributed by atoms with Crippen LogP contribution >= 0.6 is 12.2 Å². The first kappa shape index (κ1) is 16.3. The molecule has 9 heteroatoms. The van der Waals surface area contributed by atoms with Crippen molar-refractivity contribution in [3.8, 4) is 0 Å². The summed E-state index contributed by atoms with van der Waals surface area (Å²) in [6.45, 7) is 0.327. The van der Waals surface area contributed by atoms with Crippen LogP contribution in [0.1, 0.15) is 6.23 Å². The molecule has 0 bridgehead atoms. The van der Waals surface area contributed by atoms with Crippen molar-refractivity contribution in [1.82, 2.24) is 9.55 Å². The zero-order valence-electron chi connectivity index (χ0n) is 11.5. The smallest absolute Gasteiger partial charge is 0.251 e. The Hall–Kier alpha value is -1.10. The van der Waals surface area contributed by atoms with Crippen molar-refractivity contribution in [3.05, 3.63) is 27.4 Å². The summed E-state index contributed by atoms with van der Waals surface area (Å²) in [5.41, 5.74) is -0.338. The molecule has 0 aliphatic carbocycles. The van der Waals surface area contributed by atoms with Gasteiger partial charge in [-0.15, -0.1) is 0 Å². The predicted octanol–water partition coefficient (Wildman–Crippen LogP) is -0.812. The minimum atomic E-state index is -1.03. The molecule has 0 spiro atoms. The summed E-state index contributed by atoms with van der Waals surface area (Å²) in [4.78, 5) is 13.6. The highest BCUT2D eigenvalue weighted by atomic mass is 32.1.